The maximum Gasteiger partial charge on any atom is 0.119 e. The minimum atomic E-state index is 0.552. The van der Waals surface area contributed by atoms with Crippen LogP contribution in [0.1, 0.15) is 44.6 Å². The van der Waals surface area contributed by atoms with Gasteiger partial charge in [-0.2, -0.15) is 5.26 Å². The van der Waals surface area contributed by atoms with E-state index in [-0.39, 0.29) is 0 Å². The lowest BCUT2D eigenvalue weighted by Crippen LogP contribution is -2.45. The number of likely N-dealkylation sites (N-methyl/N-ethyl adjacent to an activating group) is 1. The van der Waals surface area contributed by atoms with E-state index in [0.717, 1.165) is 31.8 Å². The Kier molecular flexibility index (Phi) is 7.92. The van der Waals surface area contributed by atoms with E-state index >= 15 is 0 Å². The third kappa shape index (κ3) is 6.21. The van der Waals surface area contributed by atoms with E-state index in [1.807, 2.05) is 12.1 Å². The molecule has 1 aliphatic rings. The first-order valence-corrected chi connectivity index (χ1v) is 8.87. The number of nitriles is 1. The van der Waals surface area contributed by atoms with Crippen molar-refractivity contribution in [2.45, 2.75) is 51.6 Å². The average Bonchev–Trinajstić information content (AvgIpc) is 2.60. The molecule has 1 N–H and O–H groups in total. The van der Waals surface area contributed by atoms with E-state index in [9.17, 15) is 0 Å². The van der Waals surface area contributed by atoms with Gasteiger partial charge in [-0.25, -0.2) is 0 Å². The summed E-state index contributed by atoms with van der Waals surface area (Å²) >= 11 is 0. The summed E-state index contributed by atoms with van der Waals surface area (Å²) in [5.41, 5.74) is 1.25. The number of likely N-dealkylation sites (tertiary alicyclic amines) is 1. The summed E-state index contributed by atoms with van der Waals surface area (Å²) in [6.07, 6.45) is 5.34. The molecule has 0 spiro atoms. The van der Waals surface area contributed by atoms with Gasteiger partial charge in [0, 0.05) is 25.6 Å². The first kappa shape index (κ1) is 17.8. The number of benzene rings is 1. The summed E-state index contributed by atoms with van der Waals surface area (Å²) < 4.78 is 5.69. The molecule has 1 aromatic carbocycles. The molecule has 2 rings (SSSR count). The first-order chi connectivity index (χ1) is 11.3. The SMILES string of the molecule is CCN1CCCCC1CNCc1cccc(OCCCC#N)c1. The van der Waals surface area contributed by atoms with Crippen LogP contribution in [0.2, 0.25) is 0 Å². The van der Waals surface area contributed by atoms with Crippen LogP contribution in [0.5, 0.6) is 5.75 Å². The van der Waals surface area contributed by atoms with Gasteiger partial charge >= 0.3 is 0 Å². The number of nitrogens with one attached hydrogen (secondary N) is 1. The fourth-order valence-corrected chi connectivity index (χ4v) is 3.18. The molecule has 0 saturated carbocycles. The Labute approximate surface area is 140 Å². The molecule has 1 aromatic rings. The monoisotopic (exact) mass is 315 g/mol. The fourth-order valence-electron chi connectivity index (χ4n) is 3.18. The normalized spacial score (nSPS) is 18.5. The molecule has 4 heteroatoms. The summed E-state index contributed by atoms with van der Waals surface area (Å²) in [5, 5.41) is 12.1. The van der Waals surface area contributed by atoms with Crippen molar-refractivity contribution in [2.24, 2.45) is 0 Å². The lowest BCUT2D eigenvalue weighted by atomic mass is 10.0. The smallest absolute Gasteiger partial charge is 0.119 e. The van der Waals surface area contributed by atoms with Crippen LogP contribution in [0.15, 0.2) is 24.3 Å². The highest BCUT2D eigenvalue weighted by Gasteiger charge is 2.20. The topological polar surface area (TPSA) is 48.3 Å². The molecule has 1 fully saturated rings. The molecule has 1 unspecified atom stereocenters. The molecular formula is C19H29N3O. The second kappa shape index (κ2) is 10.3. The predicted octanol–water partition coefficient (Wildman–Crippen LogP) is 3.33. The Morgan fingerprint density at radius 2 is 2.30 bits per heavy atom. The van der Waals surface area contributed by atoms with Crippen molar-refractivity contribution in [3.8, 4) is 11.8 Å². The van der Waals surface area contributed by atoms with Crippen LogP contribution in [0, 0.1) is 11.3 Å². The minimum Gasteiger partial charge on any atom is -0.494 e. The van der Waals surface area contributed by atoms with Crippen molar-refractivity contribution >= 4 is 0 Å². The van der Waals surface area contributed by atoms with Crippen LogP contribution in [-0.2, 0) is 6.54 Å². The van der Waals surface area contributed by atoms with Crippen molar-refractivity contribution in [1.82, 2.24) is 10.2 Å². The average molecular weight is 315 g/mol. The molecular weight excluding hydrogens is 286 g/mol. The molecule has 0 aromatic heterocycles. The molecule has 1 aliphatic heterocycles. The second-order valence-corrected chi connectivity index (χ2v) is 6.17. The Morgan fingerprint density at radius 1 is 1.39 bits per heavy atom. The molecule has 0 bridgehead atoms. The second-order valence-electron chi connectivity index (χ2n) is 6.17. The van der Waals surface area contributed by atoms with Gasteiger partial charge in [0.2, 0.25) is 0 Å². The van der Waals surface area contributed by atoms with Crippen molar-refractivity contribution in [3.05, 3.63) is 29.8 Å². The van der Waals surface area contributed by atoms with Gasteiger partial charge in [-0.1, -0.05) is 25.5 Å². The number of nitrogens with zero attached hydrogens (tertiary/aromatic N) is 2. The van der Waals surface area contributed by atoms with Gasteiger partial charge in [-0.3, -0.25) is 4.90 Å². The zero-order valence-corrected chi connectivity index (χ0v) is 14.3. The van der Waals surface area contributed by atoms with E-state index < -0.39 is 0 Å². The van der Waals surface area contributed by atoms with Crippen molar-refractivity contribution in [2.75, 3.05) is 26.2 Å². The van der Waals surface area contributed by atoms with E-state index in [1.165, 1.54) is 31.4 Å². The van der Waals surface area contributed by atoms with E-state index in [4.69, 9.17) is 10.00 Å². The van der Waals surface area contributed by atoms with Gasteiger partial charge in [-0.05, 0) is 50.0 Å². The molecule has 23 heavy (non-hydrogen) atoms. The molecule has 1 atom stereocenters. The molecule has 0 aliphatic carbocycles. The number of piperidine rings is 1. The van der Waals surface area contributed by atoms with Gasteiger partial charge < -0.3 is 10.1 Å². The summed E-state index contributed by atoms with van der Waals surface area (Å²) in [4.78, 5) is 2.59. The van der Waals surface area contributed by atoms with Gasteiger partial charge in [-0.15, -0.1) is 0 Å². The summed E-state index contributed by atoms with van der Waals surface area (Å²) in [7, 11) is 0. The van der Waals surface area contributed by atoms with Crippen LogP contribution in [0.3, 0.4) is 0 Å². The third-order valence-corrected chi connectivity index (χ3v) is 4.46. The number of ether oxygens (including phenoxy) is 1. The van der Waals surface area contributed by atoms with Crippen LogP contribution in [0.25, 0.3) is 0 Å². The quantitative estimate of drug-likeness (QED) is 0.710. The minimum absolute atomic E-state index is 0.552. The summed E-state index contributed by atoms with van der Waals surface area (Å²) in [6.45, 7) is 7.20. The summed E-state index contributed by atoms with van der Waals surface area (Å²) in [5.74, 6) is 0.898. The van der Waals surface area contributed by atoms with E-state index in [1.54, 1.807) is 0 Å². The molecule has 1 heterocycles. The largest absolute Gasteiger partial charge is 0.494 e. The van der Waals surface area contributed by atoms with E-state index in [0.29, 0.717) is 19.1 Å². The van der Waals surface area contributed by atoms with Gasteiger partial charge in [0.05, 0.1) is 12.7 Å². The van der Waals surface area contributed by atoms with Gasteiger partial charge in [0.1, 0.15) is 5.75 Å². The Bertz CT molecular complexity index is 498. The van der Waals surface area contributed by atoms with Crippen LogP contribution < -0.4 is 10.1 Å². The Balaban J connectivity index is 1.73. The molecule has 4 nitrogen and oxygen atoms in total. The maximum absolute atomic E-state index is 8.53. The summed E-state index contributed by atoms with van der Waals surface area (Å²) in [6, 6.07) is 11.1. The van der Waals surface area contributed by atoms with Gasteiger partial charge in [0.15, 0.2) is 0 Å². The zero-order chi connectivity index (χ0) is 16.3. The first-order valence-electron chi connectivity index (χ1n) is 8.87. The fraction of sp³-hybridized carbons (Fsp3) is 0.632. The van der Waals surface area contributed by atoms with Crippen LogP contribution in [-0.4, -0.2) is 37.2 Å². The third-order valence-electron chi connectivity index (χ3n) is 4.46. The molecule has 126 valence electrons. The molecule has 1 saturated heterocycles. The lowest BCUT2D eigenvalue weighted by molar-refractivity contribution is 0.153. The Hall–Kier alpha value is -1.57. The number of unbranched alkanes of at least 4 members (excludes halogenated alkanes) is 1. The lowest BCUT2D eigenvalue weighted by Gasteiger charge is -2.35. The standard InChI is InChI=1S/C19H29N3O/c1-2-22-12-5-3-9-18(22)16-21-15-17-8-7-10-19(14-17)23-13-6-4-11-20/h7-8,10,14,18,21H,2-6,9,12-13,15-16H2,1H3. The number of hydrogen-bond donors (Lipinski definition) is 1. The van der Waals surface area contributed by atoms with Crippen LogP contribution in [0.4, 0.5) is 0 Å². The highest BCUT2D eigenvalue weighted by molar-refractivity contribution is 5.28. The zero-order valence-electron chi connectivity index (χ0n) is 14.3. The van der Waals surface area contributed by atoms with Crippen molar-refractivity contribution in [3.63, 3.8) is 0 Å². The molecule has 0 radical (unpaired) electrons. The van der Waals surface area contributed by atoms with Gasteiger partial charge in [0.25, 0.3) is 0 Å². The van der Waals surface area contributed by atoms with Crippen molar-refractivity contribution < 1.29 is 4.74 Å². The highest BCUT2D eigenvalue weighted by atomic mass is 16.5. The predicted molar refractivity (Wildman–Crippen MR) is 93.4 cm³/mol. The number of rotatable bonds is 9. The molecule has 0 amide bonds. The maximum atomic E-state index is 8.53. The van der Waals surface area contributed by atoms with Crippen LogP contribution >= 0.6 is 0 Å². The highest BCUT2D eigenvalue weighted by Crippen LogP contribution is 2.17. The van der Waals surface area contributed by atoms with Crippen molar-refractivity contribution in [1.29, 1.82) is 5.26 Å². The Morgan fingerprint density at radius 3 is 3.13 bits per heavy atom. The number of hydrogen-bond acceptors (Lipinski definition) is 4. The van der Waals surface area contributed by atoms with E-state index in [2.05, 4.69) is 35.3 Å².